The molecule has 4 atom stereocenters. The van der Waals surface area contributed by atoms with Gasteiger partial charge in [0, 0.05) is 49.6 Å². The number of rotatable bonds is 7. The van der Waals surface area contributed by atoms with Crippen LogP contribution in [0.1, 0.15) is 57.5 Å². The average Bonchev–Trinajstić information content (AvgIpc) is 3.36. The second-order valence-corrected chi connectivity index (χ2v) is 9.67. The molecule has 2 aromatic heterocycles. The van der Waals surface area contributed by atoms with Crippen LogP contribution in [0.15, 0.2) is 28.2 Å². The number of aryl methyl sites for hydroxylation is 2. The number of nitrogens with zero attached hydrogens (tertiary/aromatic N) is 3. The summed E-state index contributed by atoms with van der Waals surface area (Å²) < 4.78 is 21.7. The number of fused-ring (bicyclic) bond motifs is 1. The average molecular weight is 476 g/mol. The van der Waals surface area contributed by atoms with Crippen molar-refractivity contribution >= 4 is 5.91 Å². The monoisotopic (exact) mass is 475 g/mol. The molecule has 0 spiro atoms. The number of aromatic nitrogens is 4. The Bertz CT molecular complexity index is 1150. The third kappa shape index (κ3) is 5.01. The van der Waals surface area contributed by atoms with E-state index in [-0.39, 0.29) is 25.0 Å². The van der Waals surface area contributed by atoms with Crippen molar-refractivity contribution < 1.29 is 19.0 Å². The first-order valence-corrected chi connectivity index (χ1v) is 11.6. The van der Waals surface area contributed by atoms with Crippen molar-refractivity contribution in [3.05, 3.63) is 50.8 Å². The maximum absolute atomic E-state index is 12.5. The predicted octanol–water partition coefficient (Wildman–Crippen LogP) is 0.831. The smallest absolute Gasteiger partial charge is 0.328 e. The molecule has 0 radical (unpaired) electrons. The summed E-state index contributed by atoms with van der Waals surface area (Å²) in [4.78, 5) is 43.5. The summed E-state index contributed by atoms with van der Waals surface area (Å²) in [6.07, 6.45) is 4.05. The van der Waals surface area contributed by atoms with Gasteiger partial charge in [0.1, 0.15) is 24.1 Å². The number of carbonyl (C=O) groups excluding carboxylic acids is 1. The maximum Gasteiger partial charge on any atom is 0.328 e. The lowest BCUT2D eigenvalue weighted by molar-refractivity contribution is -0.153. The van der Waals surface area contributed by atoms with E-state index in [1.165, 1.54) is 10.8 Å². The lowest BCUT2D eigenvalue weighted by Gasteiger charge is -2.37. The molecule has 186 valence electrons. The van der Waals surface area contributed by atoms with E-state index in [4.69, 9.17) is 14.2 Å². The normalized spacial score (nSPS) is 25.9. The summed E-state index contributed by atoms with van der Waals surface area (Å²) >= 11 is 0. The molecule has 2 aliphatic heterocycles. The van der Waals surface area contributed by atoms with Gasteiger partial charge in [-0.3, -0.25) is 19.1 Å². The second kappa shape index (κ2) is 9.47. The molecule has 2 fully saturated rings. The highest BCUT2D eigenvalue weighted by molar-refractivity contribution is 5.75. The lowest BCUT2D eigenvalue weighted by Crippen LogP contribution is -2.54. The van der Waals surface area contributed by atoms with Gasteiger partial charge < -0.3 is 24.1 Å². The summed E-state index contributed by atoms with van der Waals surface area (Å²) in [5.74, 6) is 0.249. The van der Waals surface area contributed by atoms with Gasteiger partial charge in [0.25, 0.3) is 5.56 Å². The molecule has 2 aromatic rings. The number of ether oxygens (including phenoxy) is 3. The third-order valence-corrected chi connectivity index (χ3v) is 6.24. The fourth-order valence-corrected chi connectivity index (χ4v) is 4.60. The standard InChI is InChI=1S/C23H33N5O6/c1-13(2)20-24-7-9-27(20)8-6-17(29)25-10-16-19-18(33-23(4,5)34-19)15(12-32-16)28-11-14(3)21(30)26-22(28)31/h7,9,11,13,15-16,18-19H,6,8,10,12H2,1-5H3,(H,25,29)(H,26,30,31)/t15-,16-,18+,19-/m1/s1. The Labute approximate surface area is 197 Å². The van der Waals surface area contributed by atoms with Gasteiger partial charge in [-0.2, -0.15) is 0 Å². The van der Waals surface area contributed by atoms with E-state index in [9.17, 15) is 14.4 Å². The van der Waals surface area contributed by atoms with Crippen LogP contribution in [0.3, 0.4) is 0 Å². The minimum Gasteiger partial charge on any atom is -0.371 e. The van der Waals surface area contributed by atoms with E-state index in [2.05, 4.69) is 29.1 Å². The Morgan fingerprint density at radius 2 is 2.03 bits per heavy atom. The van der Waals surface area contributed by atoms with Crippen molar-refractivity contribution in [1.29, 1.82) is 0 Å². The molecular formula is C23H33N5O6. The minimum absolute atomic E-state index is 0.101. The number of H-pyrrole nitrogens is 1. The van der Waals surface area contributed by atoms with Crippen molar-refractivity contribution in [3.63, 3.8) is 0 Å². The first-order valence-electron chi connectivity index (χ1n) is 11.6. The third-order valence-electron chi connectivity index (χ3n) is 6.24. The first kappa shape index (κ1) is 24.4. The van der Waals surface area contributed by atoms with Crippen LogP contribution in [-0.4, -0.2) is 62.3 Å². The summed E-state index contributed by atoms with van der Waals surface area (Å²) in [6, 6.07) is -0.475. The molecule has 0 bridgehead atoms. The molecule has 2 aliphatic rings. The Morgan fingerprint density at radius 1 is 1.29 bits per heavy atom. The van der Waals surface area contributed by atoms with Gasteiger partial charge in [-0.25, -0.2) is 9.78 Å². The largest absolute Gasteiger partial charge is 0.371 e. The molecule has 2 N–H and O–H groups in total. The quantitative estimate of drug-likeness (QED) is 0.607. The first-order chi connectivity index (χ1) is 16.1. The zero-order chi connectivity index (χ0) is 24.6. The zero-order valence-corrected chi connectivity index (χ0v) is 20.2. The summed E-state index contributed by atoms with van der Waals surface area (Å²) in [5, 5.41) is 2.94. The molecule has 34 heavy (non-hydrogen) atoms. The number of aromatic amines is 1. The van der Waals surface area contributed by atoms with E-state index in [1.54, 1.807) is 27.0 Å². The molecule has 1 amide bonds. The van der Waals surface area contributed by atoms with E-state index in [0.717, 1.165) is 5.82 Å². The van der Waals surface area contributed by atoms with Crippen LogP contribution in [-0.2, 0) is 25.5 Å². The van der Waals surface area contributed by atoms with E-state index < -0.39 is 41.4 Å². The molecule has 11 heteroatoms. The van der Waals surface area contributed by atoms with Gasteiger partial charge in [0.05, 0.1) is 12.6 Å². The molecular weight excluding hydrogens is 442 g/mol. The van der Waals surface area contributed by atoms with E-state index in [0.29, 0.717) is 18.5 Å². The second-order valence-electron chi connectivity index (χ2n) is 9.67. The van der Waals surface area contributed by atoms with Gasteiger partial charge in [0.15, 0.2) is 5.79 Å². The number of nitrogens with one attached hydrogen (secondary N) is 2. The Morgan fingerprint density at radius 3 is 2.76 bits per heavy atom. The van der Waals surface area contributed by atoms with Crippen LogP contribution in [0.4, 0.5) is 0 Å². The van der Waals surface area contributed by atoms with Crippen LogP contribution in [0, 0.1) is 6.92 Å². The van der Waals surface area contributed by atoms with Crippen molar-refractivity contribution in [2.75, 3.05) is 13.2 Å². The van der Waals surface area contributed by atoms with Crippen molar-refractivity contribution in [2.45, 2.75) is 83.6 Å². The van der Waals surface area contributed by atoms with Gasteiger partial charge in [-0.15, -0.1) is 0 Å². The number of amides is 1. The molecule has 2 saturated heterocycles. The minimum atomic E-state index is -0.876. The highest BCUT2D eigenvalue weighted by Gasteiger charge is 2.52. The van der Waals surface area contributed by atoms with Crippen LogP contribution in [0.2, 0.25) is 0 Å². The van der Waals surface area contributed by atoms with E-state index >= 15 is 0 Å². The van der Waals surface area contributed by atoms with Crippen LogP contribution >= 0.6 is 0 Å². The summed E-state index contributed by atoms with van der Waals surface area (Å²) in [5.41, 5.74) is -0.527. The number of imidazole rings is 1. The van der Waals surface area contributed by atoms with Crippen molar-refractivity contribution in [2.24, 2.45) is 0 Å². The van der Waals surface area contributed by atoms with Crippen molar-refractivity contribution in [1.82, 2.24) is 24.4 Å². The molecule has 4 heterocycles. The molecule has 0 aliphatic carbocycles. The fraction of sp³-hybridized carbons (Fsp3) is 0.652. The highest BCUT2D eigenvalue weighted by Crippen LogP contribution is 2.39. The van der Waals surface area contributed by atoms with Gasteiger partial charge in [-0.05, 0) is 20.8 Å². The van der Waals surface area contributed by atoms with E-state index in [1.807, 2.05) is 10.8 Å². The molecule has 4 rings (SSSR count). The van der Waals surface area contributed by atoms with Gasteiger partial charge in [-0.1, -0.05) is 13.8 Å². The van der Waals surface area contributed by atoms with Crippen LogP contribution in [0.5, 0.6) is 0 Å². The molecule has 0 aromatic carbocycles. The number of hydrogen-bond donors (Lipinski definition) is 2. The fourth-order valence-electron chi connectivity index (χ4n) is 4.60. The molecule has 0 unspecified atom stereocenters. The van der Waals surface area contributed by atoms with Gasteiger partial charge >= 0.3 is 5.69 Å². The van der Waals surface area contributed by atoms with Crippen LogP contribution in [0.25, 0.3) is 0 Å². The highest BCUT2D eigenvalue weighted by atomic mass is 16.8. The lowest BCUT2D eigenvalue weighted by atomic mass is 9.97. The zero-order valence-electron chi connectivity index (χ0n) is 20.2. The van der Waals surface area contributed by atoms with Crippen LogP contribution < -0.4 is 16.6 Å². The summed E-state index contributed by atoms with van der Waals surface area (Å²) in [6.45, 7) is 10.4. The topological polar surface area (TPSA) is 129 Å². The van der Waals surface area contributed by atoms with Crippen molar-refractivity contribution in [3.8, 4) is 0 Å². The Kier molecular flexibility index (Phi) is 6.79. The summed E-state index contributed by atoms with van der Waals surface area (Å²) in [7, 11) is 0. The maximum atomic E-state index is 12.5. The molecule has 0 saturated carbocycles. The predicted molar refractivity (Wildman–Crippen MR) is 123 cm³/mol. The molecule has 11 nitrogen and oxygen atoms in total. The Balaban J connectivity index is 1.41. The number of hydrogen-bond acceptors (Lipinski definition) is 7. The SMILES string of the molecule is Cc1cn([C@@H]2CO[C@H](CNC(=O)CCn3ccnc3C(C)C)[C@H]3OC(C)(C)O[C@H]32)c(=O)[nH]c1=O. The van der Waals surface area contributed by atoms with Gasteiger partial charge in [0.2, 0.25) is 5.91 Å². The Hall–Kier alpha value is -2.76. The number of carbonyl (C=O) groups is 1.